The highest BCUT2D eigenvalue weighted by molar-refractivity contribution is 5.66. The number of carboxylic acid groups (broad SMARTS) is 1. The molecule has 32 heavy (non-hydrogen) atoms. The van der Waals surface area contributed by atoms with Crippen LogP contribution in [0.1, 0.15) is 120 Å². The molecule has 4 aliphatic carbocycles. The van der Waals surface area contributed by atoms with Gasteiger partial charge in [-0.25, -0.2) is 0 Å². The van der Waals surface area contributed by atoms with Crippen molar-refractivity contribution in [1.82, 2.24) is 0 Å². The maximum Gasteiger partial charge on any atom is 0.303 e. The van der Waals surface area contributed by atoms with Crippen LogP contribution in [0.25, 0.3) is 0 Å². The average molecular weight is 443 g/mol. The average Bonchev–Trinajstić information content (AvgIpc) is 2.68. The van der Waals surface area contributed by atoms with Gasteiger partial charge >= 0.3 is 5.97 Å². The summed E-state index contributed by atoms with van der Waals surface area (Å²) in [7, 11) is 0. The van der Waals surface area contributed by atoms with Crippen LogP contribution in [0.3, 0.4) is 0 Å². The second-order valence-electron chi connectivity index (χ2n) is 14.6. The molecule has 0 aromatic heterocycles. The zero-order chi connectivity index (χ0) is 23.7. The number of aliphatic carboxylic acids is 1. The van der Waals surface area contributed by atoms with E-state index in [0.29, 0.717) is 35.0 Å². The molecule has 182 valence electrons. The standard InChI is InChI=1S/C30H50O2/c1-20(2)21-11-14-30(8)24(28(21,6)13-12-25(31)32)10-9-22-23-19-26(3,4)15-16-27(23,5)17-18-29(22,30)7/h9,20-21,23-24H,10-19H2,1-8H3,(H,31,32)/t21?,23?,24?,27-,28+,29-,30-/m1/s1. The summed E-state index contributed by atoms with van der Waals surface area (Å²) in [4.78, 5) is 11.6. The largest absolute Gasteiger partial charge is 0.481 e. The minimum Gasteiger partial charge on any atom is -0.481 e. The highest BCUT2D eigenvalue weighted by Gasteiger charge is 2.65. The summed E-state index contributed by atoms with van der Waals surface area (Å²) in [6.45, 7) is 20.0. The van der Waals surface area contributed by atoms with Crippen molar-refractivity contribution in [2.24, 2.45) is 50.7 Å². The van der Waals surface area contributed by atoms with Gasteiger partial charge in [-0.15, -0.1) is 0 Å². The molecule has 3 unspecified atom stereocenters. The molecule has 4 rings (SSSR count). The second kappa shape index (κ2) is 7.61. The van der Waals surface area contributed by atoms with Gasteiger partial charge in [-0.3, -0.25) is 4.79 Å². The SMILES string of the molecule is CC(C)C1CC[C@]2(C)C(CC=C3C4CC(C)(C)CC[C@]4(C)CC[C@]32C)[C@@]1(C)CCC(=O)O. The Kier molecular flexibility index (Phi) is 5.79. The first-order valence-electron chi connectivity index (χ1n) is 13.6. The van der Waals surface area contributed by atoms with Crippen molar-refractivity contribution < 1.29 is 9.90 Å². The molecule has 2 nitrogen and oxygen atoms in total. The Labute approximate surface area is 198 Å². The molecule has 0 saturated heterocycles. The van der Waals surface area contributed by atoms with E-state index in [4.69, 9.17) is 0 Å². The van der Waals surface area contributed by atoms with Crippen LogP contribution in [0.2, 0.25) is 0 Å². The Hall–Kier alpha value is -0.790. The normalized spacial score (nSPS) is 47.8. The summed E-state index contributed by atoms with van der Waals surface area (Å²) in [5.41, 5.74) is 3.38. The Morgan fingerprint density at radius 2 is 1.69 bits per heavy atom. The van der Waals surface area contributed by atoms with Gasteiger partial charge in [0.05, 0.1) is 0 Å². The number of hydrogen-bond acceptors (Lipinski definition) is 1. The zero-order valence-corrected chi connectivity index (χ0v) is 22.3. The molecule has 0 amide bonds. The molecule has 3 fully saturated rings. The van der Waals surface area contributed by atoms with E-state index >= 15 is 0 Å². The molecule has 0 aromatic carbocycles. The van der Waals surface area contributed by atoms with E-state index in [2.05, 4.69) is 61.5 Å². The number of fused-ring (bicyclic) bond motifs is 5. The van der Waals surface area contributed by atoms with Crippen LogP contribution in [0.15, 0.2) is 11.6 Å². The van der Waals surface area contributed by atoms with Gasteiger partial charge in [-0.05, 0) is 109 Å². The van der Waals surface area contributed by atoms with E-state index < -0.39 is 5.97 Å². The summed E-state index contributed by atoms with van der Waals surface area (Å²) in [6.07, 6.45) is 14.4. The third-order valence-corrected chi connectivity index (χ3v) is 12.1. The molecule has 0 bridgehead atoms. The highest BCUT2D eigenvalue weighted by Crippen LogP contribution is 2.74. The van der Waals surface area contributed by atoms with Crippen LogP contribution in [-0.4, -0.2) is 11.1 Å². The number of carbonyl (C=O) groups is 1. The first-order valence-corrected chi connectivity index (χ1v) is 13.6. The number of hydrogen-bond donors (Lipinski definition) is 1. The van der Waals surface area contributed by atoms with Gasteiger partial charge in [0, 0.05) is 6.42 Å². The molecule has 0 radical (unpaired) electrons. The lowest BCUT2D eigenvalue weighted by molar-refractivity contribution is -0.158. The van der Waals surface area contributed by atoms with Gasteiger partial charge in [0.15, 0.2) is 0 Å². The third-order valence-electron chi connectivity index (χ3n) is 12.1. The van der Waals surface area contributed by atoms with Crippen molar-refractivity contribution in [3.63, 3.8) is 0 Å². The van der Waals surface area contributed by atoms with E-state index in [1.807, 2.05) is 0 Å². The molecular formula is C30H50O2. The Morgan fingerprint density at radius 1 is 1.03 bits per heavy atom. The summed E-state index contributed by atoms with van der Waals surface area (Å²) in [6, 6.07) is 0. The smallest absolute Gasteiger partial charge is 0.303 e. The maximum atomic E-state index is 11.6. The number of carboxylic acids is 1. The first kappa shape index (κ1) is 24.3. The monoisotopic (exact) mass is 442 g/mol. The summed E-state index contributed by atoms with van der Waals surface area (Å²) < 4.78 is 0. The predicted octanol–water partition coefficient (Wildman–Crippen LogP) is 8.51. The van der Waals surface area contributed by atoms with Gasteiger partial charge < -0.3 is 5.11 Å². The van der Waals surface area contributed by atoms with Crippen molar-refractivity contribution in [3.8, 4) is 0 Å². The van der Waals surface area contributed by atoms with Crippen LogP contribution < -0.4 is 0 Å². The van der Waals surface area contributed by atoms with Crippen LogP contribution >= 0.6 is 0 Å². The first-order chi connectivity index (χ1) is 14.7. The molecule has 0 spiro atoms. The lowest BCUT2D eigenvalue weighted by Crippen LogP contribution is -2.61. The number of allylic oxidation sites excluding steroid dienone is 2. The molecular weight excluding hydrogens is 392 g/mol. The summed E-state index contributed by atoms with van der Waals surface area (Å²) in [5.74, 6) is 1.93. The quantitative estimate of drug-likeness (QED) is 0.443. The Morgan fingerprint density at radius 3 is 2.31 bits per heavy atom. The van der Waals surface area contributed by atoms with E-state index in [1.54, 1.807) is 5.57 Å². The van der Waals surface area contributed by atoms with Crippen LogP contribution in [0.5, 0.6) is 0 Å². The van der Waals surface area contributed by atoms with Gasteiger partial charge in [0.2, 0.25) is 0 Å². The van der Waals surface area contributed by atoms with Gasteiger partial charge in [-0.2, -0.15) is 0 Å². The fourth-order valence-electron chi connectivity index (χ4n) is 9.74. The molecule has 0 aliphatic heterocycles. The fourth-order valence-corrected chi connectivity index (χ4v) is 9.74. The molecule has 3 saturated carbocycles. The van der Waals surface area contributed by atoms with E-state index in [0.717, 1.165) is 18.8 Å². The Balaban J connectivity index is 1.77. The van der Waals surface area contributed by atoms with Crippen molar-refractivity contribution in [3.05, 3.63) is 11.6 Å². The summed E-state index contributed by atoms with van der Waals surface area (Å²) >= 11 is 0. The minimum absolute atomic E-state index is 0.108. The summed E-state index contributed by atoms with van der Waals surface area (Å²) in [5, 5.41) is 9.58. The lowest BCUT2D eigenvalue weighted by atomic mass is 9.35. The number of rotatable bonds is 4. The molecule has 4 aliphatic rings. The molecule has 1 N–H and O–H groups in total. The van der Waals surface area contributed by atoms with Crippen molar-refractivity contribution in [1.29, 1.82) is 0 Å². The van der Waals surface area contributed by atoms with Gasteiger partial charge in [0.25, 0.3) is 0 Å². The second-order valence-corrected chi connectivity index (χ2v) is 14.6. The highest BCUT2D eigenvalue weighted by atomic mass is 16.4. The van der Waals surface area contributed by atoms with Crippen molar-refractivity contribution in [2.45, 2.75) is 120 Å². The minimum atomic E-state index is -0.628. The van der Waals surface area contributed by atoms with Gasteiger partial charge in [-0.1, -0.05) is 67.0 Å². The maximum absolute atomic E-state index is 11.6. The van der Waals surface area contributed by atoms with Crippen LogP contribution in [0, 0.1) is 50.7 Å². The van der Waals surface area contributed by atoms with E-state index in [9.17, 15) is 9.90 Å². The van der Waals surface area contributed by atoms with E-state index in [1.165, 1.54) is 44.9 Å². The van der Waals surface area contributed by atoms with Crippen molar-refractivity contribution >= 4 is 5.97 Å². The van der Waals surface area contributed by atoms with Crippen molar-refractivity contribution in [2.75, 3.05) is 0 Å². The van der Waals surface area contributed by atoms with Crippen LogP contribution in [0.4, 0.5) is 0 Å². The zero-order valence-electron chi connectivity index (χ0n) is 22.3. The lowest BCUT2D eigenvalue weighted by Gasteiger charge is -2.69. The van der Waals surface area contributed by atoms with Gasteiger partial charge in [0.1, 0.15) is 0 Å². The topological polar surface area (TPSA) is 37.3 Å². The molecule has 0 heterocycles. The fraction of sp³-hybridized carbons (Fsp3) is 0.900. The van der Waals surface area contributed by atoms with E-state index in [-0.39, 0.29) is 16.2 Å². The molecule has 0 aromatic rings. The Bertz CT molecular complexity index is 793. The molecule has 7 atom stereocenters. The third kappa shape index (κ3) is 3.44. The molecule has 2 heteroatoms. The predicted molar refractivity (Wildman–Crippen MR) is 133 cm³/mol. The van der Waals surface area contributed by atoms with Crippen LogP contribution in [-0.2, 0) is 4.79 Å².